The number of nitrogens with one attached hydrogen (secondary N) is 2. The summed E-state index contributed by atoms with van der Waals surface area (Å²) in [7, 11) is 1.77. The Balaban J connectivity index is 2.46. The molecule has 0 aromatic carbocycles. The highest BCUT2D eigenvalue weighted by Crippen LogP contribution is 2.03. The van der Waals surface area contributed by atoms with Crippen LogP contribution in [0.3, 0.4) is 0 Å². The second-order valence-corrected chi connectivity index (χ2v) is 3.81. The van der Waals surface area contributed by atoms with E-state index in [1.165, 1.54) is 0 Å². The molecular weight excluding hydrogens is 240 g/mol. The molecule has 1 aromatic rings. The summed E-state index contributed by atoms with van der Waals surface area (Å²) in [4.78, 5) is 22.0. The summed E-state index contributed by atoms with van der Waals surface area (Å²) in [5.74, 6) is -1.29. The number of carbonyl (C=O) groups is 2. The number of amides is 2. The van der Waals surface area contributed by atoms with Crippen LogP contribution in [0.15, 0.2) is 6.20 Å². The Morgan fingerprint density at radius 1 is 1.56 bits per heavy atom. The predicted molar refractivity (Wildman–Crippen MR) is 61.8 cm³/mol. The van der Waals surface area contributed by atoms with E-state index >= 15 is 0 Å². The number of aliphatic hydroxyl groups is 1. The Bertz CT molecular complexity index is 443. The van der Waals surface area contributed by atoms with Gasteiger partial charge >= 0.3 is 12.0 Å². The van der Waals surface area contributed by atoms with Crippen molar-refractivity contribution in [3.8, 4) is 0 Å². The number of urea groups is 1. The number of aliphatic carboxylic acids is 1. The molecule has 8 nitrogen and oxygen atoms in total. The second-order valence-electron chi connectivity index (χ2n) is 3.81. The summed E-state index contributed by atoms with van der Waals surface area (Å²) in [5.41, 5.74) is 1.62. The van der Waals surface area contributed by atoms with Crippen LogP contribution in [0.1, 0.15) is 11.3 Å². The Hall–Kier alpha value is -2.09. The molecule has 100 valence electrons. The summed E-state index contributed by atoms with van der Waals surface area (Å²) in [6, 6.07) is -1.96. The molecule has 0 aliphatic heterocycles. The van der Waals surface area contributed by atoms with Crippen molar-refractivity contribution in [3.63, 3.8) is 0 Å². The van der Waals surface area contributed by atoms with E-state index in [1.807, 2.05) is 6.92 Å². The maximum atomic E-state index is 11.4. The Kier molecular flexibility index (Phi) is 4.67. The average Bonchev–Trinajstić information content (AvgIpc) is 2.61. The number of hydrogen-bond donors (Lipinski definition) is 4. The number of carbonyl (C=O) groups excluding carboxylic acids is 1. The standard InChI is InChI=1S/C10H16N4O4/c1-6-7(4-14(2)13-6)3-11-10(18)12-8(5-15)9(16)17/h4,8,15H,3,5H2,1-2H3,(H,16,17)(H2,11,12,18). The van der Waals surface area contributed by atoms with E-state index in [-0.39, 0.29) is 6.54 Å². The molecule has 0 spiro atoms. The van der Waals surface area contributed by atoms with Crippen molar-refractivity contribution in [1.29, 1.82) is 0 Å². The minimum absolute atomic E-state index is 0.239. The van der Waals surface area contributed by atoms with Crippen molar-refractivity contribution in [2.75, 3.05) is 6.61 Å². The number of aryl methyl sites for hydroxylation is 2. The van der Waals surface area contributed by atoms with Crippen LogP contribution < -0.4 is 10.6 Å². The van der Waals surface area contributed by atoms with Crippen LogP contribution in [0.4, 0.5) is 4.79 Å². The van der Waals surface area contributed by atoms with Gasteiger partial charge in [0.05, 0.1) is 12.3 Å². The monoisotopic (exact) mass is 256 g/mol. The second kappa shape index (κ2) is 6.01. The molecule has 0 fully saturated rings. The molecule has 0 bridgehead atoms. The Labute approximate surface area is 104 Å². The number of hydrogen-bond acceptors (Lipinski definition) is 4. The number of carboxylic acids is 1. The van der Waals surface area contributed by atoms with Gasteiger partial charge in [0, 0.05) is 25.4 Å². The number of rotatable bonds is 5. The third-order valence-corrected chi connectivity index (χ3v) is 2.34. The quantitative estimate of drug-likeness (QED) is 0.537. The lowest BCUT2D eigenvalue weighted by molar-refractivity contribution is -0.140. The molecule has 8 heteroatoms. The van der Waals surface area contributed by atoms with E-state index in [0.29, 0.717) is 0 Å². The highest BCUT2D eigenvalue weighted by molar-refractivity contribution is 5.82. The van der Waals surface area contributed by atoms with Crippen molar-refractivity contribution in [2.45, 2.75) is 19.5 Å². The van der Waals surface area contributed by atoms with Gasteiger partial charge in [-0.15, -0.1) is 0 Å². The zero-order valence-corrected chi connectivity index (χ0v) is 10.2. The third-order valence-electron chi connectivity index (χ3n) is 2.34. The fraction of sp³-hybridized carbons (Fsp3) is 0.500. The van der Waals surface area contributed by atoms with E-state index in [1.54, 1.807) is 17.9 Å². The van der Waals surface area contributed by atoms with Gasteiger partial charge < -0.3 is 20.8 Å². The van der Waals surface area contributed by atoms with Gasteiger partial charge in [-0.2, -0.15) is 5.10 Å². The summed E-state index contributed by atoms with van der Waals surface area (Å²) < 4.78 is 1.62. The first-order valence-electron chi connectivity index (χ1n) is 5.31. The Morgan fingerprint density at radius 2 is 2.22 bits per heavy atom. The van der Waals surface area contributed by atoms with Gasteiger partial charge in [0.25, 0.3) is 0 Å². The molecule has 18 heavy (non-hydrogen) atoms. The minimum Gasteiger partial charge on any atom is -0.480 e. The van der Waals surface area contributed by atoms with Crippen LogP contribution in [-0.2, 0) is 18.4 Å². The predicted octanol–water partition coefficient (Wildman–Crippen LogP) is -1.03. The van der Waals surface area contributed by atoms with E-state index in [0.717, 1.165) is 11.3 Å². The molecule has 1 aromatic heterocycles. The summed E-state index contributed by atoms with van der Waals surface area (Å²) in [5, 5.41) is 26.1. The number of aromatic nitrogens is 2. The van der Waals surface area contributed by atoms with Gasteiger partial charge in [0.1, 0.15) is 0 Å². The molecule has 1 unspecified atom stereocenters. The van der Waals surface area contributed by atoms with Crippen molar-refractivity contribution in [2.24, 2.45) is 7.05 Å². The van der Waals surface area contributed by atoms with Crippen molar-refractivity contribution in [1.82, 2.24) is 20.4 Å². The Morgan fingerprint density at radius 3 is 2.67 bits per heavy atom. The van der Waals surface area contributed by atoms with Crippen molar-refractivity contribution >= 4 is 12.0 Å². The van der Waals surface area contributed by atoms with E-state index in [4.69, 9.17) is 10.2 Å². The topological polar surface area (TPSA) is 116 Å². The van der Waals surface area contributed by atoms with Crippen molar-refractivity contribution in [3.05, 3.63) is 17.5 Å². The van der Waals surface area contributed by atoms with Gasteiger partial charge in [-0.1, -0.05) is 0 Å². The van der Waals surface area contributed by atoms with Crippen LogP contribution >= 0.6 is 0 Å². The zero-order valence-electron chi connectivity index (χ0n) is 10.2. The maximum Gasteiger partial charge on any atom is 0.328 e. The van der Waals surface area contributed by atoms with E-state index in [9.17, 15) is 9.59 Å². The summed E-state index contributed by atoms with van der Waals surface area (Å²) in [6.07, 6.45) is 1.76. The fourth-order valence-corrected chi connectivity index (χ4v) is 1.39. The van der Waals surface area contributed by atoms with Crippen LogP contribution in [0, 0.1) is 6.92 Å². The molecule has 0 saturated carbocycles. The molecule has 0 aliphatic carbocycles. The summed E-state index contributed by atoms with van der Waals surface area (Å²) >= 11 is 0. The van der Waals surface area contributed by atoms with Crippen molar-refractivity contribution < 1.29 is 19.8 Å². The first-order valence-corrected chi connectivity index (χ1v) is 5.31. The number of nitrogens with zero attached hydrogens (tertiary/aromatic N) is 2. The van der Waals surface area contributed by atoms with Gasteiger partial charge in [-0.05, 0) is 6.92 Å². The van der Waals surface area contributed by atoms with Gasteiger partial charge in [-0.3, -0.25) is 4.68 Å². The lowest BCUT2D eigenvalue weighted by Crippen LogP contribution is -2.47. The first-order chi connectivity index (χ1) is 8.43. The molecule has 1 rings (SSSR count). The number of aliphatic hydroxyl groups excluding tert-OH is 1. The zero-order chi connectivity index (χ0) is 13.7. The molecule has 4 N–H and O–H groups in total. The first kappa shape index (κ1) is 14.0. The maximum absolute atomic E-state index is 11.4. The van der Waals surface area contributed by atoms with Crippen LogP contribution in [0.5, 0.6) is 0 Å². The van der Waals surface area contributed by atoms with E-state index in [2.05, 4.69) is 15.7 Å². The molecule has 0 aliphatic rings. The molecule has 0 radical (unpaired) electrons. The van der Waals surface area contributed by atoms with Gasteiger partial charge in [-0.25, -0.2) is 9.59 Å². The molecule has 1 heterocycles. The molecule has 2 amide bonds. The highest BCUT2D eigenvalue weighted by atomic mass is 16.4. The van der Waals surface area contributed by atoms with Crippen LogP contribution in [0.2, 0.25) is 0 Å². The number of carboxylic acid groups (broad SMARTS) is 1. The lowest BCUT2D eigenvalue weighted by atomic mass is 10.2. The normalized spacial score (nSPS) is 11.9. The smallest absolute Gasteiger partial charge is 0.328 e. The van der Waals surface area contributed by atoms with Crippen LogP contribution in [0.25, 0.3) is 0 Å². The molecule has 1 atom stereocenters. The third kappa shape index (κ3) is 3.74. The molecular formula is C10H16N4O4. The van der Waals surface area contributed by atoms with Gasteiger partial charge in [0.15, 0.2) is 6.04 Å². The fourth-order valence-electron chi connectivity index (χ4n) is 1.39. The van der Waals surface area contributed by atoms with Gasteiger partial charge in [0.2, 0.25) is 0 Å². The minimum atomic E-state index is -1.31. The SMILES string of the molecule is Cc1nn(C)cc1CNC(=O)NC(CO)C(=O)O. The highest BCUT2D eigenvalue weighted by Gasteiger charge is 2.18. The largest absolute Gasteiger partial charge is 0.480 e. The van der Waals surface area contributed by atoms with Crippen LogP contribution in [-0.4, -0.2) is 44.6 Å². The summed E-state index contributed by atoms with van der Waals surface area (Å²) in [6.45, 7) is 1.39. The lowest BCUT2D eigenvalue weighted by Gasteiger charge is -2.12. The molecule has 0 saturated heterocycles. The van der Waals surface area contributed by atoms with E-state index < -0.39 is 24.6 Å². The average molecular weight is 256 g/mol.